The number of amides is 1. The van der Waals surface area contributed by atoms with Crippen molar-refractivity contribution in [2.75, 3.05) is 13.2 Å². The van der Waals surface area contributed by atoms with Crippen LogP contribution in [0.4, 0.5) is 17.6 Å². The highest BCUT2D eigenvalue weighted by atomic mass is 19.4. The third-order valence-corrected chi connectivity index (χ3v) is 5.14. The third-order valence-electron chi connectivity index (χ3n) is 5.14. The predicted octanol–water partition coefficient (Wildman–Crippen LogP) is 3.35. The molecule has 6 nitrogen and oxygen atoms in total. The minimum atomic E-state index is -4.82. The van der Waals surface area contributed by atoms with Crippen LogP contribution in [0.15, 0.2) is 41.3 Å². The molecule has 0 unspecified atom stereocenters. The average Bonchev–Trinajstić information content (AvgIpc) is 3.22. The van der Waals surface area contributed by atoms with Crippen LogP contribution in [0.3, 0.4) is 0 Å². The van der Waals surface area contributed by atoms with Crippen molar-refractivity contribution >= 4 is 11.6 Å². The number of rotatable bonds is 3. The highest BCUT2D eigenvalue weighted by Crippen LogP contribution is 2.31. The average molecular weight is 435 g/mol. The lowest BCUT2D eigenvalue weighted by Gasteiger charge is -2.14. The Hall–Kier alpha value is -3.27. The van der Waals surface area contributed by atoms with Gasteiger partial charge in [-0.1, -0.05) is 6.07 Å². The molecule has 1 saturated heterocycles. The van der Waals surface area contributed by atoms with Crippen LogP contribution in [0.5, 0.6) is 0 Å². The molecule has 0 aliphatic carbocycles. The highest BCUT2D eigenvalue weighted by Gasteiger charge is 2.36. The molecule has 4 rings (SSSR count). The number of hydrogen-bond acceptors (Lipinski definition) is 4. The number of fused-ring (bicyclic) bond motifs is 1. The number of hydrogen-bond donors (Lipinski definition) is 1. The summed E-state index contributed by atoms with van der Waals surface area (Å²) in [5.41, 5.74) is -2.84. The molecule has 0 radical (unpaired) electrons. The van der Waals surface area contributed by atoms with Gasteiger partial charge in [0, 0.05) is 23.9 Å². The van der Waals surface area contributed by atoms with Crippen LogP contribution in [-0.2, 0) is 10.9 Å². The normalized spacial score (nSPS) is 16.6. The Morgan fingerprint density at radius 2 is 2.06 bits per heavy atom. The molecule has 0 spiro atoms. The first kappa shape index (κ1) is 21.0. The van der Waals surface area contributed by atoms with Crippen molar-refractivity contribution in [2.24, 2.45) is 0 Å². The van der Waals surface area contributed by atoms with Crippen LogP contribution in [-0.4, -0.2) is 34.5 Å². The Labute approximate surface area is 173 Å². The first-order chi connectivity index (χ1) is 14.7. The van der Waals surface area contributed by atoms with Crippen LogP contribution in [0.1, 0.15) is 28.0 Å². The molecule has 3 heterocycles. The molecular weight excluding hydrogens is 418 g/mol. The predicted molar refractivity (Wildman–Crippen MR) is 103 cm³/mol. The molecule has 1 fully saturated rings. The molecular formula is C21H17F4N3O3. The van der Waals surface area contributed by atoms with Crippen molar-refractivity contribution in [3.05, 3.63) is 69.5 Å². The molecule has 3 aromatic rings. The molecule has 0 bridgehead atoms. The highest BCUT2D eigenvalue weighted by molar-refractivity contribution is 5.95. The van der Waals surface area contributed by atoms with Crippen molar-refractivity contribution in [1.29, 1.82) is 0 Å². The fourth-order valence-electron chi connectivity index (χ4n) is 3.53. The molecule has 1 aliphatic rings. The Balaban J connectivity index is 1.78. The topological polar surface area (TPSA) is 72.7 Å². The molecule has 1 amide bonds. The maximum atomic E-state index is 14.7. The van der Waals surface area contributed by atoms with Gasteiger partial charge in [-0.3, -0.25) is 14.0 Å². The zero-order valence-corrected chi connectivity index (χ0v) is 16.3. The number of pyridine rings is 1. The van der Waals surface area contributed by atoms with E-state index in [0.717, 1.165) is 17.4 Å². The number of nitrogens with one attached hydrogen (secondary N) is 1. The SMILES string of the molecule is Cc1c(C(F)(F)F)nc2c(-c3ccc(C(=O)N[C@H]4CCOC4)c(F)c3)cccn2c1=O. The molecule has 1 aliphatic heterocycles. The molecule has 162 valence electrons. The van der Waals surface area contributed by atoms with Crippen LogP contribution < -0.4 is 10.9 Å². The number of aromatic nitrogens is 2. The number of benzene rings is 1. The summed E-state index contributed by atoms with van der Waals surface area (Å²) in [6.45, 7) is 1.92. The monoisotopic (exact) mass is 435 g/mol. The van der Waals surface area contributed by atoms with Gasteiger partial charge in [0.1, 0.15) is 11.5 Å². The molecule has 31 heavy (non-hydrogen) atoms. The summed E-state index contributed by atoms with van der Waals surface area (Å²) in [6.07, 6.45) is -2.89. The second kappa shape index (κ2) is 7.77. The second-order valence-electron chi connectivity index (χ2n) is 7.23. The number of carbonyl (C=O) groups is 1. The van der Waals surface area contributed by atoms with Crippen LogP contribution in [0.2, 0.25) is 0 Å². The molecule has 2 aromatic heterocycles. The number of ether oxygens (including phenoxy) is 1. The minimum Gasteiger partial charge on any atom is -0.379 e. The first-order valence-electron chi connectivity index (χ1n) is 9.44. The van der Waals surface area contributed by atoms with E-state index < -0.39 is 34.7 Å². The number of carbonyl (C=O) groups excluding carboxylic acids is 1. The largest absolute Gasteiger partial charge is 0.433 e. The number of halogens is 4. The van der Waals surface area contributed by atoms with Crippen LogP contribution >= 0.6 is 0 Å². The quantitative estimate of drug-likeness (QED) is 0.641. The van der Waals surface area contributed by atoms with E-state index in [-0.39, 0.29) is 28.4 Å². The fraction of sp³-hybridized carbons (Fsp3) is 0.286. The fourth-order valence-corrected chi connectivity index (χ4v) is 3.53. The maximum absolute atomic E-state index is 14.7. The van der Waals surface area contributed by atoms with Gasteiger partial charge >= 0.3 is 6.18 Å². The summed E-state index contributed by atoms with van der Waals surface area (Å²) in [5.74, 6) is -1.46. The van der Waals surface area contributed by atoms with E-state index in [4.69, 9.17) is 4.74 Å². The Morgan fingerprint density at radius 1 is 1.29 bits per heavy atom. The van der Waals surface area contributed by atoms with Gasteiger partial charge in [0.2, 0.25) is 0 Å². The summed E-state index contributed by atoms with van der Waals surface area (Å²) >= 11 is 0. The van der Waals surface area contributed by atoms with Gasteiger partial charge in [-0.25, -0.2) is 9.37 Å². The van der Waals surface area contributed by atoms with E-state index in [9.17, 15) is 27.2 Å². The van der Waals surface area contributed by atoms with Crippen molar-refractivity contribution in [3.63, 3.8) is 0 Å². The summed E-state index contributed by atoms with van der Waals surface area (Å²) in [5, 5.41) is 2.68. The van der Waals surface area contributed by atoms with Crippen molar-refractivity contribution in [3.8, 4) is 11.1 Å². The molecule has 10 heteroatoms. The summed E-state index contributed by atoms with van der Waals surface area (Å²) in [4.78, 5) is 28.4. The number of alkyl halides is 3. The number of nitrogens with zero attached hydrogens (tertiary/aromatic N) is 2. The van der Waals surface area contributed by atoms with E-state index >= 15 is 0 Å². The lowest BCUT2D eigenvalue weighted by atomic mass is 10.0. The first-order valence-corrected chi connectivity index (χ1v) is 9.44. The Bertz CT molecular complexity index is 1230. The van der Waals surface area contributed by atoms with Crippen molar-refractivity contribution in [1.82, 2.24) is 14.7 Å². The Morgan fingerprint density at radius 3 is 2.71 bits per heavy atom. The lowest BCUT2D eigenvalue weighted by Crippen LogP contribution is -2.35. The minimum absolute atomic E-state index is 0.125. The van der Waals surface area contributed by atoms with Gasteiger partial charge in [0.15, 0.2) is 5.69 Å². The van der Waals surface area contributed by atoms with Gasteiger partial charge < -0.3 is 10.1 Å². The lowest BCUT2D eigenvalue weighted by molar-refractivity contribution is -0.141. The molecule has 1 atom stereocenters. The van der Waals surface area contributed by atoms with Crippen LogP contribution in [0.25, 0.3) is 16.8 Å². The smallest absolute Gasteiger partial charge is 0.379 e. The summed E-state index contributed by atoms with van der Waals surface area (Å²) in [6, 6.07) is 6.37. The van der Waals surface area contributed by atoms with E-state index in [0.29, 0.717) is 19.6 Å². The van der Waals surface area contributed by atoms with E-state index in [1.54, 1.807) is 0 Å². The van der Waals surface area contributed by atoms with E-state index in [2.05, 4.69) is 10.3 Å². The van der Waals surface area contributed by atoms with Gasteiger partial charge in [-0.2, -0.15) is 13.2 Å². The standard InChI is InChI=1S/C21H17F4N3O3/c1-11-17(21(23,24)25)27-18-14(3-2-7-28(18)20(11)30)12-4-5-15(16(22)9-12)19(29)26-13-6-8-31-10-13/h2-5,7,9,13H,6,8,10H2,1H3,(H,26,29)/t13-/m0/s1. The van der Waals surface area contributed by atoms with Gasteiger partial charge in [0.25, 0.3) is 11.5 Å². The van der Waals surface area contributed by atoms with Crippen molar-refractivity contribution < 1.29 is 27.1 Å². The summed E-state index contributed by atoms with van der Waals surface area (Å²) < 4.78 is 60.9. The van der Waals surface area contributed by atoms with Crippen LogP contribution in [0, 0.1) is 12.7 Å². The Kier molecular flexibility index (Phi) is 5.26. The van der Waals surface area contributed by atoms with E-state index in [1.807, 2.05) is 0 Å². The molecule has 0 saturated carbocycles. The van der Waals surface area contributed by atoms with Gasteiger partial charge in [-0.15, -0.1) is 0 Å². The summed E-state index contributed by atoms with van der Waals surface area (Å²) in [7, 11) is 0. The second-order valence-corrected chi connectivity index (χ2v) is 7.23. The van der Waals surface area contributed by atoms with Gasteiger partial charge in [0.05, 0.1) is 18.2 Å². The van der Waals surface area contributed by atoms with Crippen molar-refractivity contribution in [2.45, 2.75) is 25.6 Å². The zero-order valence-electron chi connectivity index (χ0n) is 16.3. The van der Waals surface area contributed by atoms with Gasteiger partial charge in [-0.05, 0) is 43.2 Å². The molecule has 1 aromatic carbocycles. The van der Waals surface area contributed by atoms with E-state index in [1.165, 1.54) is 30.5 Å². The zero-order chi connectivity index (χ0) is 22.3. The molecule has 1 N–H and O–H groups in total. The third kappa shape index (κ3) is 3.90. The maximum Gasteiger partial charge on any atom is 0.433 e.